The van der Waals surface area contributed by atoms with Crippen molar-refractivity contribution in [2.24, 2.45) is 5.73 Å². The highest BCUT2D eigenvalue weighted by Crippen LogP contribution is 2.18. The van der Waals surface area contributed by atoms with E-state index in [9.17, 15) is 4.79 Å². The molecular formula is C10H9N3O. The average Bonchev–Trinajstić information content (AvgIpc) is 2.17. The van der Waals surface area contributed by atoms with Crippen molar-refractivity contribution in [2.75, 3.05) is 0 Å². The first kappa shape index (κ1) is 8.62. The Labute approximate surface area is 80.8 Å². The number of rotatable bonds is 1. The summed E-state index contributed by atoms with van der Waals surface area (Å²) in [7, 11) is 0. The Balaban J connectivity index is 2.91. The topological polar surface area (TPSA) is 68.9 Å². The number of amides is 1. The van der Waals surface area contributed by atoms with Gasteiger partial charge in [-0.3, -0.25) is 4.79 Å². The van der Waals surface area contributed by atoms with E-state index in [2.05, 4.69) is 9.97 Å². The number of hydrogen-bond donors (Lipinski definition) is 1. The quantitative estimate of drug-likeness (QED) is 0.725. The highest BCUT2D eigenvalue weighted by Gasteiger charge is 2.08. The molecule has 1 heterocycles. The Bertz CT molecular complexity index is 502. The SMILES string of the molecule is Cc1ncnc2cccc(C(N)=O)c12. The van der Waals surface area contributed by atoms with Gasteiger partial charge in [0.25, 0.3) is 0 Å². The Kier molecular flexibility index (Phi) is 1.89. The van der Waals surface area contributed by atoms with Crippen LogP contribution in [0.5, 0.6) is 0 Å². The third kappa shape index (κ3) is 1.21. The second-order valence-electron chi connectivity index (χ2n) is 3.02. The molecule has 0 aliphatic carbocycles. The van der Waals surface area contributed by atoms with Crippen LogP contribution in [0.1, 0.15) is 16.1 Å². The van der Waals surface area contributed by atoms with E-state index in [4.69, 9.17) is 5.73 Å². The number of aromatic nitrogens is 2. The van der Waals surface area contributed by atoms with Crippen LogP contribution < -0.4 is 5.73 Å². The molecule has 1 amide bonds. The molecule has 70 valence electrons. The minimum Gasteiger partial charge on any atom is -0.366 e. The Hall–Kier alpha value is -1.97. The van der Waals surface area contributed by atoms with Gasteiger partial charge < -0.3 is 5.73 Å². The van der Waals surface area contributed by atoms with Gasteiger partial charge in [-0.2, -0.15) is 0 Å². The smallest absolute Gasteiger partial charge is 0.249 e. The standard InChI is InChI=1S/C10H9N3O/c1-6-9-7(10(11)14)3-2-4-8(9)13-5-12-6/h2-5H,1H3,(H2,11,14). The van der Waals surface area contributed by atoms with Crippen molar-refractivity contribution >= 4 is 16.8 Å². The van der Waals surface area contributed by atoms with Crippen LogP contribution in [-0.2, 0) is 0 Å². The van der Waals surface area contributed by atoms with Crippen LogP contribution in [-0.4, -0.2) is 15.9 Å². The highest BCUT2D eigenvalue weighted by molar-refractivity contribution is 6.06. The van der Waals surface area contributed by atoms with Crippen LogP contribution in [0, 0.1) is 6.92 Å². The van der Waals surface area contributed by atoms with Gasteiger partial charge in [0.2, 0.25) is 5.91 Å². The van der Waals surface area contributed by atoms with Gasteiger partial charge in [0.15, 0.2) is 0 Å². The minimum absolute atomic E-state index is 0.450. The zero-order valence-corrected chi connectivity index (χ0v) is 7.69. The van der Waals surface area contributed by atoms with E-state index in [1.807, 2.05) is 13.0 Å². The van der Waals surface area contributed by atoms with Crippen molar-refractivity contribution in [2.45, 2.75) is 6.92 Å². The molecule has 0 unspecified atom stereocenters. The number of aryl methyl sites for hydroxylation is 1. The molecule has 0 aliphatic heterocycles. The fourth-order valence-corrected chi connectivity index (χ4v) is 1.48. The number of hydrogen-bond acceptors (Lipinski definition) is 3. The summed E-state index contributed by atoms with van der Waals surface area (Å²) < 4.78 is 0. The molecule has 2 N–H and O–H groups in total. The maximum atomic E-state index is 11.1. The lowest BCUT2D eigenvalue weighted by Gasteiger charge is -2.03. The van der Waals surface area contributed by atoms with Crippen molar-refractivity contribution < 1.29 is 4.79 Å². The Morgan fingerprint density at radius 3 is 2.86 bits per heavy atom. The molecule has 1 aromatic heterocycles. The number of carbonyl (C=O) groups is 1. The molecule has 2 rings (SSSR count). The predicted octanol–water partition coefficient (Wildman–Crippen LogP) is 1.04. The van der Waals surface area contributed by atoms with Crippen LogP contribution in [0.25, 0.3) is 10.9 Å². The van der Waals surface area contributed by atoms with Crippen molar-refractivity contribution in [3.8, 4) is 0 Å². The van der Waals surface area contributed by atoms with Gasteiger partial charge in [0, 0.05) is 11.1 Å². The predicted molar refractivity (Wildman–Crippen MR) is 52.8 cm³/mol. The van der Waals surface area contributed by atoms with Gasteiger partial charge in [-0.25, -0.2) is 9.97 Å². The van der Waals surface area contributed by atoms with Crippen LogP contribution in [0.2, 0.25) is 0 Å². The molecular weight excluding hydrogens is 178 g/mol. The summed E-state index contributed by atoms with van der Waals surface area (Å²) in [6, 6.07) is 5.27. The van der Waals surface area contributed by atoms with Gasteiger partial charge in [0.1, 0.15) is 6.33 Å². The van der Waals surface area contributed by atoms with E-state index in [0.29, 0.717) is 5.56 Å². The fourth-order valence-electron chi connectivity index (χ4n) is 1.48. The zero-order valence-electron chi connectivity index (χ0n) is 7.69. The summed E-state index contributed by atoms with van der Waals surface area (Å²) in [6.45, 7) is 1.83. The fraction of sp³-hybridized carbons (Fsp3) is 0.100. The molecule has 0 fully saturated rings. The average molecular weight is 187 g/mol. The highest BCUT2D eigenvalue weighted by atomic mass is 16.1. The monoisotopic (exact) mass is 187 g/mol. The summed E-state index contributed by atoms with van der Waals surface area (Å²) in [6.07, 6.45) is 1.47. The van der Waals surface area contributed by atoms with Crippen molar-refractivity contribution in [3.63, 3.8) is 0 Å². The summed E-state index contributed by atoms with van der Waals surface area (Å²) in [4.78, 5) is 19.2. The third-order valence-electron chi connectivity index (χ3n) is 2.12. The van der Waals surface area contributed by atoms with Gasteiger partial charge in [-0.1, -0.05) is 6.07 Å². The molecule has 0 spiro atoms. The molecule has 4 nitrogen and oxygen atoms in total. The molecule has 0 bridgehead atoms. The zero-order chi connectivity index (χ0) is 10.1. The number of nitrogens with two attached hydrogens (primary N) is 1. The van der Waals surface area contributed by atoms with E-state index >= 15 is 0 Å². The number of nitrogens with zero attached hydrogens (tertiary/aromatic N) is 2. The van der Waals surface area contributed by atoms with Gasteiger partial charge in [-0.15, -0.1) is 0 Å². The number of carbonyl (C=O) groups excluding carboxylic acids is 1. The van der Waals surface area contributed by atoms with E-state index in [1.54, 1.807) is 12.1 Å². The molecule has 0 atom stereocenters. The lowest BCUT2D eigenvalue weighted by Crippen LogP contribution is -2.12. The number of fused-ring (bicyclic) bond motifs is 1. The van der Waals surface area contributed by atoms with E-state index in [1.165, 1.54) is 6.33 Å². The molecule has 2 aromatic rings. The Morgan fingerprint density at radius 1 is 1.36 bits per heavy atom. The van der Waals surface area contributed by atoms with Crippen LogP contribution in [0.15, 0.2) is 24.5 Å². The molecule has 0 saturated carbocycles. The summed E-state index contributed by atoms with van der Waals surface area (Å²) >= 11 is 0. The normalized spacial score (nSPS) is 10.4. The van der Waals surface area contributed by atoms with Crippen LogP contribution in [0.3, 0.4) is 0 Å². The van der Waals surface area contributed by atoms with Crippen molar-refractivity contribution in [1.82, 2.24) is 9.97 Å². The van der Waals surface area contributed by atoms with Crippen LogP contribution >= 0.6 is 0 Å². The van der Waals surface area contributed by atoms with E-state index < -0.39 is 5.91 Å². The number of benzene rings is 1. The largest absolute Gasteiger partial charge is 0.366 e. The molecule has 4 heteroatoms. The van der Waals surface area contributed by atoms with Gasteiger partial charge in [-0.05, 0) is 19.1 Å². The maximum Gasteiger partial charge on any atom is 0.249 e. The minimum atomic E-state index is -0.450. The molecule has 1 aromatic carbocycles. The van der Waals surface area contributed by atoms with Crippen molar-refractivity contribution in [3.05, 3.63) is 35.8 Å². The van der Waals surface area contributed by atoms with E-state index in [-0.39, 0.29) is 0 Å². The second kappa shape index (κ2) is 3.06. The second-order valence-corrected chi connectivity index (χ2v) is 3.02. The lowest BCUT2D eigenvalue weighted by atomic mass is 10.1. The number of primary amides is 1. The summed E-state index contributed by atoms with van der Waals surface area (Å²) in [5.74, 6) is -0.450. The molecule has 14 heavy (non-hydrogen) atoms. The summed E-state index contributed by atoms with van der Waals surface area (Å²) in [5.41, 5.74) is 7.24. The van der Waals surface area contributed by atoms with Crippen LogP contribution in [0.4, 0.5) is 0 Å². The first-order valence-electron chi connectivity index (χ1n) is 4.20. The first-order valence-corrected chi connectivity index (χ1v) is 4.20. The molecule has 0 aliphatic rings. The van der Waals surface area contributed by atoms with Crippen molar-refractivity contribution in [1.29, 1.82) is 0 Å². The molecule has 0 radical (unpaired) electrons. The summed E-state index contributed by atoms with van der Waals surface area (Å²) in [5, 5.41) is 0.738. The van der Waals surface area contributed by atoms with E-state index in [0.717, 1.165) is 16.6 Å². The third-order valence-corrected chi connectivity index (χ3v) is 2.12. The first-order chi connectivity index (χ1) is 6.70. The van der Waals surface area contributed by atoms with Gasteiger partial charge in [0.05, 0.1) is 11.1 Å². The molecule has 0 saturated heterocycles. The van der Waals surface area contributed by atoms with Gasteiger partial charge >= 0.3 is 0 Å². The Morgan fingerprint density at radius 2 is 2.14 bits per heavy atom. The maximum absolute atomic E-state index is 11.1. The lowest BCUT2D eigenvalue weighted by molar-refractivity contribution is 0.100.